The van der Waals surface area contributed by atoms with E-state index in [9.17, 15) is 9.18 Å². The molecule has 11 heteroatoms. The van der Waals surface area contributed by atoms with Crippen molar-refractivity contribution < 1.29 is 13.9 Å². The highest BCUT2D eigenvalue weighted by Crippen LogP contribution is 2.30. The van der Waals surface area contributed by atoms with Crippen LogP contribution in [0.5, 0.6) is 0 Å². The van der Waals surface area contributed by atoms with Gasteiger partial charge in [-0.15, -0.1) is 0 Å². The number of carbonyl (C=O) groups excluding carboxylic acids is 1. The fraction of sp³-hybridized carbons (Fsp3) is 0.100. The average Bonchev–Trinajstić information content (AvgIpc) is 3.42. The van der Waals surface area contributed by atoms with Gasteiger partial charge >= 0.3 is 6.09 Å². The Hall–Kier alpha value is -3.99. The van der Waals surface area contributed by atoms with Gasteiger partial charge in [0.05, 0.1) is 19.3 Å². The third kappa shape index (κ3) is 4.16. The minimum atomic E-state index is -0.747. The van der Waals surface area contributed by atoms with E-state index >= 15 is 0 Å². The lowest BCUT2D eigenvalue weighted by Crippen LogP contribution is -2.16. The summed E-state index contributed by atoms with van der Waals surface area (Å²) in [4.78, 5) is 19.9. The molecule has 5 N–H and O–H groups in total. The molecule has 1 aromatic carbocycles. The van der Waals surface area contributed by atoms with E-state index in [0.29, 0.717) is 11.3 Å². The molecule has 0 fully saturated rings. The lowest BCUT2D eigenvalue weighted by Gasteiger charge is -2.09. The molecule has 0 aliphatic rings. The second kappa shape index (κ2) is 8.40. The summed E-state index contributed by atoms with van der Waals surface area (Å²) < 4.78 is 20.4. The van der Waals surface area contributed by atoms with Crippen LogP contribution in [0.2, 0.25) is 0 Å². The second-order valence-electron chi connectivity index (χ2n) is 6.49. The smallest absolute Gasteiger partial charge is 0.411 e. The molecule has 31 heavy (non-hydrogen) atoms. The molecule has 4 aromatic rings. The third-order valence-corrected chi connectivity index (χ3v) is 5.16. The minimum absolute atomic E-state index is 0.0337. The van der Waals surface area contributed by atoms with Gasteiger partial charge in [0.2, 0.25) is 0 Å². The number of benzene rings is 1. The highest BCUT2D eigenvalue weighted by molar-refractivity contribution is 7.08. The van der Waals surface area contributed by atoms with Crippen LogP contribution in [0, 0.1) is 5.82 Å². The lowest BCUT2D eigenvalue weighted by molar-refractivity contribution is 0.187. The number of anilines is 3. The predicted molar refractivity (Wildman–Crippen MR) is 117 cm³/mol. The van der Waals surface area contributed by atoms with E-state index in [-0.39, 0.29) is 35.5 Å². The van der Waals surface area contributed by atoms with Crippen LogP contribution in [-0.4, -0.2) is 33.0 Å². The number of hydrogen-bond donors (Lipinski definition) is 3. The molecule has 4 rings (SSSR count). The number of aromatic nitrogens is 4. The van der Waals surface area contributed by atoms with Crippen LogP contribution in [0.3, 0.4) is 0 Å². The Morgan fingerprint density at radius 1 is 1.23 bits per heavy atom. The number of nitrogens with two attached hydrogens (primary N) is 2. The number of nitrogens with zero attached hydrogens (tertiary/aromatic N) is 4. The Morgan fingerprint density at radius 3 is 2.61 bits per heavy atom. The molecule has 0 spiro atoms. The molecule has 0 bridgehead atoms. The van der Waals surface area contributed by atoms with Crippen molar-refractivity contribution in [2.45, 2.75) is 6.54 Å². The first-order valence-corrected chi connectivity index (χ1v) is 10.0. The van der Waals surface area contributed by atoms with Crippen LogP contribution >= 0.6 is 11.3 Å². The topological polar surface area (TPSA) is 134 Å². The number of methoxy groups -OCH3 is 1. The molecule has 0 saturated carbocycles. The predicted octanol–water partition coefficient (Wildman–Crippen LogP) is 3.60. The van der Waals surface area contributed by atoms with Crippen molar-refractivity contribution in [3.63, 3.8) is 0 Å². The first kappa shape index (κ1) is 20.3. The van der Waals surface area contributed by atoms with Crippen molar-refractivity contribution in [2.24, 2.45) is 0 Å². The summed E-state index contributed by atoms with van der Waals surface area (Å²) in [5.41, 5.74) is 14.6. The van der Waals surface area contributed by atoms with Gasteiger partial charge in [-0.3, -0.25) is 10.00 Å². The Bertz CT molecular complexity index is 1220. The standard InChI is InChI=1S/C20H18FN7O2S/c1-30-20(29)24-16-17(22)25-19(26-18(16)23)14-8-15(12-6-7-31-10-12)28(27-14)9-11-4-2-3-5-13(11)21/h2-8,10H,9H2,1H3,(H,24,29)(H4,22,23,25,26). The molecule has 3 aromatic heterocycles. The molecule has 9 nitrogen and oxygen atoms in total. The molecule has 0 aliphatic carbocycles. The van der Waals surface area contributed by atoms with Crippen LogP contribution in [0.15, 0.2) is 47.2 Å². The van der Waals surface area contributed by atoms with E-state index in [2.05, 4.69) is 25.1 Å². The summed E-state index contributed by atoms with van der Waals surface area (Å²) in [6.45, 7) is 0.213. The molecule has 3 heterocycles. The second-order valence-corrected chi connectivity index (χ2v) is 7.27. The SMILES string of the molecule is COC(=O)Nc1c(N)nc(-c2cc(-c3ccsc3)n(Cc3ccccc3F)n2)nc1N. The molecule has 0 unspecified atom stereocenters. The molecule has 158 valence electrons. The van der Waals surface area contributed by atoms with Gasteiger partial charge in [-0.25, -0.2) is 19.2 Å². The van der Waals surface area contributed by atoms with Crippen molar-refractivity contribution in [1.29, 1.82) is 0 Å². The number of thiophene rings is 1. The number of nitrogen functional groups attached to an aromatic ring is 2. The van der Waals surface area contributed by atoms with Crippen molar-refractivity contribution in [3.05, 3.63) is 58.5 Å². The maximum atomic E-state index is 14.2. The van der Waals surface area contributed by atoms with Gasteiger partial charge in [-0.2, -0.15) is 16.4 Å². The van der Waals surface area contributed by atoms with Gasteiger partial charge in [0.15, 0.2) is 17.5 Å². The molecule has 1 amide bonds. The van der Waals surface area contributed by atoms with Crippen molar-refractivity contribution in [3.8, 4) is 22.8 Å². The molecule has 0 atom stereocenters. The summed E-state index contributed by atoms with van der Waals surface area (Å²) in [5, 5.41) is 10.9. The minimum Gasteiger partial charge on any atom is -0.453 e. The molecular weight excluding hydrogens is 421 g/mol. The number of rotatable bonds is 5. The van der Waals surface area contributed by atoms with Gasteiger partial charge in [0, 0.05) is 16.5 Å². The van der Waals surface area contributed by atoms with Crippen molar-refractivity contribution in [2.75, 3.05) is 23.9 Å². The highest BCUT2D eigenvalue weighted by Gasteiger charge is 2.19. The van der Waals surface area contributed by atoms with Crippen LogP contribution in [-0.2, 0) is 11.3 Å². The van der Waals surface area contributed by atoms with Crippen molar-refractivity contribution >= 4 is 34.8 Å². The molecule has 0 saturated heterocycles. The first-order valence-electron chi connectivity index (χ1n) is 9.08. The van der Waals surface area contributed by atoms with Crippen LogP contribution in [0.4, 0.5) is 26.5 Å². The van der Waals surface area contributed by atoms with Crippen LogP contribution in [0.1, 0.15) is 5.56 Å². The zero-order chi connectivity index (χ0) is 22.0. The molecular formula is C20H18FN7O2S. The maximum Gasteiger partial charge on any atom is 0.411 e. The van der Waals surface area contributed by atoms with Gasteiger partial charge in [-0.1, -0.05) is 18.2 Å². The van der Waals surface area contributed by atoms with E-state index in [1.54, 1.807) is 28.9 Å². The Balaban J connectivity index is 1.76. The largest absolute Gasteiger partial charge is 0.453 e. The summed E-state index contributed by atoms with van der Waals surface area (Å²) in [6, 6.07) is 10.2. The van der Waals surface area contributed by atoms with E-state index in [4.69, 9.17) is 11.5 Å². The number of nitrogens with one attached hydrogen (secondary N) is 1. The monoisotopic (exact) mass is 439 g/mol. The van der Waals surface area contributed by atoms with Crippen LogP contribution < -0.4 is 16.8 Å². The number of ether oxygens (including phenoxy) is 1. The Morgan fingerprint density at radius 2 is 1.97 bits per heavy atom. The first-order chi connectivity index (χ1) is 15.0. The number of carbonyl (C=O) groups is 1. The lowest BCUT2D eigenvalue weighted by atomic mass is 10.2. The Kier molecular flexibility index (Phi) is 5.50. The van der Waals surface area contributed by atoms with E-state index < -0.39 is 6.09 Å². The van der Waals surface area contributed by atoms with E-state index in [1.807, 2.05) is 16.8 Å². The van der Waals surface area contributed by atoms with Crippen LogP contribution in [0.25, 0.3) is 22.8 Å². The summed E-state index contributed by atoms with van der Waals surface area (Å²) in [6.07, 6.45) is -0.747. The summed E-state index contributed by atoms with van der Waals surface area (Å²) in [5.74, 6) is -0.213. The number of hydrogen-bond acceptors (Lipinski definition) is 8. The zero-order valence-electron chi connectivity index (χ0n) is 16.4. The van der Waals surface area contributed by atoms with Crippen molar-refractivity contribution in [1.82, 2.24) is 19.7 Å². The number of amides is 1. The fourth-order valence-corrected chi connectivity index (χ4v) is 3.62. The molecule has 0 radical (unpaired) electrons. The Labute approximate surface area is 180 Å². The quantitative estimate of drug-likeness (QED) is 0.432. The summed E-state index contributed by atoms with van der Waals surface area (Å²) in [7, 11) is 1.21. The highest BCUT2D eigenvalue weighted by atomic mass is 32.1. The van der Waals surface area contributed by atoms with E-state index in [1.165, 1.54) is 24.5 Å². The maximum absolute atomic E-state index is 14.2. The van der Waals surface area contributed by atoms with Gasteiger partial charge in [0.1, 0.15) is 17.2 Å². The normalized spacial score (nSPS) is 10.8. The van der Waals surface area contributed by atoms with Gasteiger partial charge < -0.3 is 16.2 Å². The third-order valence-electron chi connectivity index (χ3n) is 4.48. The zero-order valence-corrected chi connectivity index (χ0v) is 17.2. The fourth-order valence-electron chi connectivity index (χ4n) is 2.97. The number of halogens is 1. The summed E-state index contributed by atoms with van der Waals surface area (Å²) >= 11 is 1.53. The van der Waals surface area contributed by atoms with E-state index in [0.717, 1.165) is 11.3 Å². The van der Waals surface area contributed by atoms with Gasteiger partial charge in [-0.05, 0) is 23.6 Å². The molecule has 0 aliphatic heterocycles. The average molecular weight is 439 g/mol. The van der Waals surface area contributed by atoms with Gasteiger partial charge in [0.25, 0.3) is 0 Å².